The molecule has 0 aliphatic heterocycles. The molecule has 0 bridgehead atoms. The molecule has 0 aromatic rings. The van der Waals surface area contributed by atoms with Gasteiger partial charge in [-0.25, -0.2) is 4.79 Å². The normalized spacial score (nSPS) is 12.1. The molecule has 332 valence electrons. The highest BCUT2D eigenvalue weighted by atomic mass is 16.7. The van der Waals surface area contributed by atoms with Crippen molar-refractivity contribution in [2.45, 2.75) is 213 Å². The van der Waals surface area contributed by atoms with Gasteiger partial charge in [0.25, 0.3) is 0 Å². The predicted octanol–water partition coefficient (Wildman–Crippen LogP) is 12.2. The van der Waals surface area contributed by atoms with Gasteiger partial charge in [0, 0.05) is 25.8 Å². The van der Waals surface area contributed by atoms with Crippen LogP contribution in [0.5, 0.6) is 0 Å². The topological polar surface area (TPSA) is 118 Å². The van der Waals surface area contributed by atoms with E-state index < -0.39 is 24.3 Å². The van der Waals surface area contributed by atoms with E-state index in [9.17, 15) is 19.2 Å². The van der Waals surface area contributed by atoms with Crippen molar-refractivity contribution in [1.82, 2.24) is 4.90 Å². The molecule has 0 rings (SSSR count). The van der Waals surface area contributed by atoms with E-state index in [4.69, 9.17) is 23.7 Å². The van der Waals surface area contributed by atoms with Gasteiger partial charge in [-0.05, 0) is 84.7 Å². The summed E-state index contributed by atoms with van der Waals surface area (Å²) >= 11 is 0. The average Bonchev–Trinajstić information content (AvgIpc) is 3.19. The molecule has 0 aliphatic rings. The molecule has 0 aliphatic carbocycles. The summed E-state index contributed by atoms with van der Waals surface area (Å²) in [5.41, 5.74) is 0. The Labute approximate surface area is 348 Å². The Balaban J connectivity index is 4.97. The Morgan fingerprint density at radius 3 is 1.53 bits per heavy atom. The summed E-state index contributed by atoms with van der Waals surface area (Å²) in [6, 6.07) is 0. The summed E-state index contributed by atoms with van der Waals surface area (Å²) in [5.74, 6) is -1.25. The fourth-order valence-corrected chi connectivity index (χ4v) is 6.23. The minimum Gasteiger partial charge on any atom is -0.462 e. The molecule has 0 aromatic heterocycles. The minimum atomic E-state index is -0.917. The van der Waals surface area contributed by atoms with Crippen LogP contribution < -0.4 is 0 Å². The van der Waals surface area contributed by atoms with Crippen LogP contribution in [0, 0.1) is 0 Å². The maximum absolute atomic E-state index is 13.1. The molecule has 0 saturated heterocycles. The number of nitrogens with zero attached hydrogens (tertiary/aromatic N) is 1. The van der Waals surface area contributed by atoms with E-state index in [1.807, 2.05) is 19.0 Å². The standard InChI is InChI=1S/C47H85NO9/c1-6-9-12-15-16-17-18-19-20-21-22-23-24-25-28-29-33-42(57-47(52)53-39-32-38-48(4)5)36-37-46(51)56-43(40-54-44(49)34-30-26-13-10-7-2)41-55-45(50)35-31-27-14-11-8-3/h16-17,19-20,42-43H,6-15,18,21-41H2,1-5H3/b17-16-,20-19-. The molecule has 0 saturated carbocycles. The summed E-state index contributed by atoms with van der Waals surface area (Å²) in [7, 11) is 3.92. The van der Waals surface area contributed by atoms with Gasteiger partial charge >= 0.3 is 24.1 Å². The largest absolute Gasteiger partial charge is 0.508 e. The molecule has 0 N–H and O–H groups in total. The Kier molecular flexibility index (Phi) is 39.2. The molecular weight excluding hydrogens is 723 g/mol. The van der Waals surface area contributed by atoms with Crippen molar-refractivity contribution in [2.75, 3.05) is 40.5 Å². The third-order valence-electron chi connectivity index (χ3n) is 9.76. The first-order chi connectivity index (χ1) is 27.7. The number of hydrogen-bond donors (Lipinski definition) is 0. The highest BCUT2D eigenvalue weighted by molar-refractivity contribution is 5.71. The monoisotopic (exact) mass is 808 g/mol. The number of carbonyl (C=O) groups is 4. The van der Waals surface area contributed by atoms with Crippen molar-refractivity contribution < 1.29 is 42.9 Å². The second-order valence-corrected chi connectivity index (χ2v) is 15.7. The highest BCUT2D eigenvalue weighted by Crippen LogP contribution is 2.17. The van der Waals surface area contributed by atoms with E-state index in [2.05, 4.69) is 45.1 Å². The van der Waals surface area contributed by atoms with Crippen LogP contribution in [-0.2, 0) is 38.1 Å². The second-order valence-electron chi connectivity index (χ2n) is 15.7. The van der Waals surface area contributed by atoms with Crippen LogP contribution in [0.3, 0.4) is 0 Å². The van der Waals surface area contributed by atoms with Crippen LogP contribution in [0.25, 0.3) is 0 Å². The van der Waals surface area contributed by atoms with E-state index in [1.54, 1.807) is 0 Å². The Hall–Kier alpha value is -2.88. The van der Waals surface area contributed by atoms with Gasteiger partial charge in [0.15, 0.2) is 6.10 Å². The third-order valence-corrected chi connectivity index (χ3v) is 9.76. The van der Waals surface area contributed by atoms with Crippen molar-refractivity contribution in [3.8, 4) is 0 Å². The predicted molar refractivity (Wildman–Crippen MR) is 231 cm³/mol. The van der Waals surface area contributed by atoms with Gasteiger partial charge in [-0.3, -0.25) is 14.4 Å². The second kappa shape index (κ2) is 41.3. The van der Waals surface area contributed by atoms with E-state index in [-0.39, 0.29) is 44.6 Å². The van der Waals surface area contributed by atoms with Gasteiger partial charge < -0.3 is 28.6 Å². The first kappa shape index (κ1) is 54.1. The van der Waals surface area contributed by atoms with Crippen LogP contribution in [0.1, 0.15) is 201 Å². The quantitative estimate of drug-likeness (QED) is 0.0256. The van der Waals surface area contributed by atoms with Gasteiger partial charge in [-0.15, -0.1) is 0 Å². The fourth-order valence-electron chi connectivity index (χ4n) is 6.23. The first-order valence-corrected chi connectivity index (χ1v) is 23.0. The number of rotatable bonds is 40. The third kappa shape index (κ3) is 39.7. The maximum Gasteiger partial charge on any atom is 0.508 e. The van der Waals surface area contributed by atoms with Crippen molar-refractivity contribution in [2.24, 2.45) is 0 Å². The van der Waals surface area contributed by atoms with E-state index in [0.717, 1.165) is 109 Å². The summed E-state index contributed by atoms with van der Waals surface area (Å²) in [5, 5.41) is 0. The number of allylic oxidation sites excluding steroid dienone is 4. The molecule has 57 heavy (non-hydrogen) atoms. The number of unbranched alkanes of at least 4 members (excludes halogenated alkanes) is 17. The molecule has 0 fully saturated rings. The Morgan fingerprint density at radius 1 is 0.474 bits per heavy atom. The lowest BCUT2D eigenvalue weighted by Gasteiger charge is -2.20. The molecule has 0 aromatic carbocycles. The molecule has 0 heterocycles. The maximum atomic E-state index is 13.1. The molecule has 1 atom stereocenters. The van der Waals surface area contributed by atoms with Gasteiger partial charge in [0.05, 0.1) is 6.61 Å². The molecule has 0 amide bonds. The summed E-state index contributed by atoms with van der Waals surface area (Å²) in [4.78, 5) is 52.5. The Bertz CT molecular complexity index is 998. The van der Waals surface area contributed by atoms with Gasteiger partial charge in [-0.1, -0.05) is 135 Å². The first-order valence-electron chi connectivity index (χ1n) is 23.0. The van der Waals surface area contributed by atoms with Crippen molar-refractivity contribution in [3.05, 3.63) is 24.3 Å². The molecule has 1 unspecified atom stereocenters. The van der Waals surface area contributed by atoms with Crippen LogP contribution in [-0.4, -0.2) is 81.6 Å². The molecule has 0 radical (unpaired) electrons. The number of hydrogen-bond acceptors (Lipinski definition) is 10. The smallest absolute Gasteiger partial charge is 0.462 e. The number of esters is 3. The highest BCUT2D eigenvalue weighted by Gasteiger charge is 2.22. The van der Waals surface area contributed by atoms with Crippen LogP contribution >= 0.6 is 0 Å². The van der Waals surface area contributed by atoms with Crippen molar-refractivity contribution in [3.63, 3.8) is 0 Å². The zero-order valence-corrected chi connectivity index (χ0v) is 37.2. The van der Waals surface area contributed by atoms with E-state index in [0.29, 0.717) is 25.7 Å². The lowest BCUT2D eigenvalue weighted by molar-refractivity contribution is -0.167. The molecule has 10 heteroatoms. The lowest BCUT2D eigenvalue weighted by Crippen LogP contribution is -2.31. The van der Waals surface area contributed by atoms with E-state index >= 15 is 0 Å². The summed E-state index contributed by atoms with van der Waals surface area (Å²) in [6.07, 6.45) is 32.9. The number of ether oxygens (including phenoxy) is 5. The fraction of sp³-hybridized carbons (Fsp3) is 0.830. The SMILES string of the molecule is CCCCC/C=C\C/C=C\CCCCCCCCC(CCC(=O)OC(COC(=O)CCCCCCC)COC(=O)CCCCCCC)OC(=O)OCCCN(C)C. The zero-order chi connectivity index (χ0) is 42.0. The molecular formula is C47H85NO9. The van der Waals surface area contributed by atoms with Gasteiger partial charge in [-0.2, -0.15) is 0 Å². The lowest BCUT2D eigenvalue weighted by atomic mass is 10.0. The van der Waals surface area contributed by atoms with Crippen LogP contribution in [0.4, 0.5) is 4.79 Å². The van der Waals surface area contributed by atoms with E-state index in [1.165, 1.54) is 38.5 Å². The minimum absolute atomic E-state index is 0.00596. The van der Waals surface area contributed by atoms with Gasteiger partial charge in [0.2, 0.25) is 0 Å². The van der Waals surface area contributed by atoms with Crippen LogP contribution in [0.15, 0.2) is 24.3 Å². The summed E-state index contributed by atoms with van der Waals surface area (Å²) < 4.78 is 27.6. The van der Waals surface area contributed by atoms with Crippen molar-refractivity contribution in [1.29, 1.82) is 0 Å². The average molecular weight is 808 g/mol. The zero-order valence-electron chi connectivity index (χ0n) is 37.2. The van der Waals surface area contributed by atoms with Crippen molar-refractivity contribution >= 4 is 24.1 Å². The summed E-state index contributed by atoms with van der Waals surface area (Å²) in [6.45, 7) is 7.20. The van der Waals surface area contributed by atoms with Crippen LogP contribution in [0.2, 0.25) is 0 Å². The molecule has 10 nitrogen and oxygen atoms in total. The van der Waals surface area contributed by atoms with Gasteiger partial charge in [0.1, 0.15) is 19.3 Å². The number of carbonyl (C=O) groups excluding carboxylic acids is 4. The molecule has 0 spiro atoms. The Morgan fingerprint density at radius 2 is 0.965 bits per heavy atom.